The Balaban J connectivity index is 3.12. The summed E-state index contributed by atoms with van der Waals surface area (Å²) in [7, 11) is -3.13. The van der Waals surface area contributed by atoms with Crippen molar-refractivity contribution in [2.75, 3.05) is 12.9 Å². The fourth-order valence-corrected chi connectivity index (χ4v) is 1.88. The van der Waals surface area contributed by atoms with Crippen LogP contribution in [0.4, 0.5) is 0 Å². The van der Waals surface area contributed by atoms with Crippen LogP contribution in [-0.4, -0.2) is 26.4 Å². The average molecular weight is 228 g/mol. The van der Waals surface area contributed by atoms with Crippen LogP contribution in [0.15, 0.2) is 29.2 Å². The molecule has 84 valence electrons. The Kier molecular flexibility index (Phi) is 3.21. The number of hydrogen-bond donors (Lipinski definition) is 1. The third kappa shape index (κ3) is 2.79. The summed E-state index contributed by atoms with van der Waals surface area (Å²) < 4.78 is 22.4. The normalized spacial score (nSPS) is 12.8. The van der Waals surface area contributed by atoms with Crippen molar-refractivity contribution >= 4 is 9.84 Å². The third-order valence-corrected chi connectivity index (χ3v) is 3.59. The van der Waals surface area contributed by atoms with E-state index in [0.29, 0.717) is 4.90 Å². The number of aliphatic hydroxyl groups excluding tert-OH is 1. The number of rotatable bonds is 3. The molecule has 0 amide bonds. The Labute approximate surface area is 90.7 Å². The summed E-state index contributed by atoms with van der Waals surface area (Å²) in [5.41, 5.74) is 0.591. The van der Waals surface area contributed by atoms with E-state index < -0.39 is 9.84 Å². The maximum Gasteiger partial charge on any atom is 0.175 e. The lowest BCUT2D eigenvalue weighted by atomic mass is 9.86. The molecular formula is C11H16O3S. The van der Waals surface area contributed by atoms with Gasteiger partial charge in [-0.1, -0.05) is 26.0 Å². The van der Waals surface area contributed by atoms with E-state index in [1.54, 1.807) is 24.3 Å². The molecule has 3 nitrogen and oxygen atoms in total. The van der Waals surface area contributed by atoms with Crippen molar-refractivity contribution < 1.29 is 13.5 Å². The molecule has 0 aliphatic rings. The maximum atomic E-state index is 11.2. The number of aliphatic hydroxyl groups is 1. The summed E-state index contributed by atoms with van der Waals surface area (Å²) in [6.45, 7) is 3.84. The van der Waals surface area contributed by atoms with Gasteiger partial charge in [0.25, 0.3) is 0 Å². The molecular weight excluding hydrogens is 212 g/mol. The second kappa shape index (κ2) is 3.94. The SMILES string of the molecule is CC(C)(CO)c1ccc(S(C)(=O)=O)cc1. The predicted molar refractivity (Wildman–Crippen MR) is 59.7 cm³/mol. The molecule has 1 N–H and O–H groups in total. The van der Waals surface area contributed by atoms with Crippen molar-refractivity contribution in [3.8, 4) is 0 Å². The van der Waals surface area contributed by atoms with Gasteiger partial charge in [-0.15, -0.1) is 0 Å². The molecule has 0 saturated heterocycles. The van der Waals surface area contributed by atoms with Crippen LogP contribution < -0.4 is 0 Å². The van der Waals surface area contributed by atoms with Gasteiger partial charge in [0.15, 0.2) is 9.84 Å². The first-order valence-electron chi connectivity index (χ1n) is 4.69. The van der Waals surface area contributed by atoms with Gasteiger partial charge >= 0.3 is 0 Å². The van der Waals surface area contributed by atoms with E-state index in [1.807, 2.05) is 13.8 Å². The quantitative estimate of drug-likeness (QED) is 0.850. The van der Waals surface area contributed by atoms with Gasteiger partial charge in [-0.05, 0) is 17.7 Å². The lowest BCUT2D eigenvalue weighted by molar-refractivity contribution is 0.218. The Hall–Kier alpha value is -0.870. The minimum Gasteiger partial charge on any atom is -0.395 e. The summed E-state index contributed by atoms with van der Waals surface area (Å²) >= 11 is 0. The molecule has 1 aromatic carbocycles. The largest absolute Gasteiger partial charge is 0.395 e. The van der Waals surface area contributed by atoms with E-state index in [2.05, 4.69) is 0 Å². The first-order valence-corrected chi connectivity index (χ1v) is 6.58. The van der Waals surface area contributed by atoms with Crippen LogP contribution in [0.25, 0.3) is 0 Å². The fraction of sp³-hybridized carbons (Fsp3) is 0.455. The van der Waals surface area contributed by atoms with Crippen molar-refractivity contribution in [2.45, 2.75) is 24.2 Å². The van der Waals surface area contributed by atoms with Gasteiger partial charge in [-0.2, -0.15) is 0 Å². The van der Waals surface area contributed by atoms with Gasteiger partial charge in [-0.25, -0.2) is 8.42 Å². The standard InChI is InChI=1S/C11H16O3S/c1-11(2,8-12)9-4-6-10(7-5-9)15(3,13)14/h4-7,12H,8H2,1-3H3. The molecule has 0 aliphatic carbocycles. The van der Waals surface area contributed by atoms with Crippen molar-refractivity contribution in [3.05, 3.63) is 29.8 Å². The number of hydrogen-bond acceptors (Lipinski definition) is 3. The zero-order chi connectivity index (χ0) is 11.7. The highest BCUT2D eigenvalue weighted by atomic mass is 32.2. The molecule has 15 heavy (non-hydrogen) atoms. The van der Waals surface area contributed by atoms with E-state index in [0.717, 1.165) is 5.56 Å². The molecule has 0 bridgehead atoms. The molecule has 4 heteroatoms. The molecule has 1 aromatic rings. The third-order valence-electron chi connectivity index (χ3n) is 2.46. The Morgan fingerprint density at radius 2 is 1.67 bits per heavy atom. The van der Waals surface area contributed by atoms with Crippen molar-refractivity contribution in [2.24, 2.45) is 0 Å². The predicted octanol–water partition coefficient (Wildman–Crippen LogP) is 1.36. The highest BCUT2D eigenvalue weighted by Gasteiger charge is 2.19. The van der Waals surface area contributed by atoms with Crippen LogP contribution in [0, 0.1) is 0 Å². The Bertz CT molecular complexity index is 429. The molecule has 0 saturated carbocycles. The smallest absolute Gasteiger partial charge is 0.175 e. The lowest BCUT2D eigenvalue weighted by Gasteiger charge is -2.22. The molecule has 0 aliphatic heterocycles. The van der Waals surface area contributed by atoms with Crippen LogP contribution in [0.2, 0.25) is 0 Å². The van der Waals surface area contributed by atoms with Crippen LogP contribution in [0.1, 0.15) is 19.4 Å². The van der Waals surface area contributed by atoms with E-state index >= 15 is 0 Å². The van der Waals surface area contributed by atoms with Crippen LogP contribution >= 0.6 is 0 Å². The monoisotopic (exact) mass is 228 g/mol. The first kappa shape index (κ1) is 12.2. The molecule has 1 rings (SSSR count). The van der Waals surface area contributed by atoms with Crippen molar-refractivity contribution in [1.29, 1.82) is 0 Å². The summed E-state index contributed by atoms with van der Waals surface area (Å²) in [5, 5.41) is 9.16. The molecule has 0 unspecified atom stereocenters. The van der Waals surface area contributed by atoms with Gasteiger partial charge < -0.3 is 5.11 Å². The average Bonchev–Trinajstić information content (AvgIpc) is 2.17. The number of sulfone groups is 1. The highest BCUT2D eigenvalue weighted by molar-refractivity contribution is 7.90. The Morgan fingerprint density at radius 1 is 1.20 bits per heavy atom. The van der Waals surface area contributed by atoms with Gasteiger partial charge in [0.1, 0.15) is 0 Å². The fourth-order valence-electron chi connectivity index (χ4n) is 1.24. The lowest BCUT2D eigenvalue weighted by Crippen LogP contribution is -2.21. The van der Waals surface area contributed by atoms with Crippen LogP contribution in [0.3, 0.4) is 0 Å². The first-order chi connectivity index (χ1) is 6.77. The molecule has 0 radical (unpaired) electrons. The topological polar surface area (TPSA) is 54.4 Å². The summed E-state index contributed by atoms with van der Waals surface area (Å²) in [6, 6.07) is 6.63. The van der Waals surface area contributed by atoms with Crippen molar-refractivity contribution in [1.82, 2.24) is 0 Å². The van der Waals surface area contributed by atoms with E-state index in [-0.39, 0.29) is 12.0 Å². The van der Waals surface area contributed by atoms with Gasteiger partial charge in [-0.3, -0.25) is 0 Å². The van der Waals surface area contributed by atoms with E-state index in [1.165, 1.54) is 6.26 Å². The second-order valence-corrected chi connectivity index (χ2v) is 6.35. The number of benzene rings is 1. The van der Waals surface area contributed by atoms with Gasteiger partial charge in [0.05, 0.1) is 11.5 Å². The minimum absolute atomic E-state index is 0.0330. The molecule has 0 atom stereocenters. The second-order valence-electron chi connectivity index (χ2n) is 4.34. The van der Waals surface area contributed by atoms with Gasteiger partial charge in [0, 0.05) is 11.7 Å². The molecule has 0 heterocycles. The molecule has 0 aromatic heterocycles. The van der Waals surface area contributed by atoms with Gasteiger partial charge in [0.2, 0.25) is 0 Å². The maximum absolute atomic E-state index is 11.2. The highest BCUT2D eigenvalue weighted by Crippen LogP contribution is 2.23. The van der Waals surface area contributed by atoms with Crippen LogP contribution in [0.5, 0.6) is 0 Å². The molecule has 0 fully saturated rings. The van der Waals surface area contributed by atoms with Crippen molar-refractivity contribution in [3.63, 3.8) is 0 Å². The summed E-state index contributed by atoms with van der Waals surface area (Å²) in [6.07, 6.45) is 1.18. The molecule has 0 spiro atoms. The van der Waals surface area contributed by atoms with Crippen LogP contribution in [-0.2, 0) is 15.3 Å². The minimum atomic E-state index is -3.13. The Morgan fingerprint density at radius 3 is 2.00 bits per heavy atom. The van der Waals surface area contributed by atoms with E-state index in [9.17, 15) is 8.42 Å². The summed E-state index contributed by atoms with van der Waals surface area (Å²) in [5.74, 6) is 0. The zero-order valence-electron chi connectivity index (χ0n) is 9.19. The van der Waals surface area contributed by atoms with E-state index in [4.69, 9.17) is 5.11 Å². The zero-order valence-corrected chi connectivity index (χ0v) is 10.0. The summed E-state index contributed by atoms with van der Waals surface area (Å²) in [4.78, 5) is 0.306.